The summed E-state index contributed by atoms with van der Waals surface area (Å²) in [6.07, 6.45) is 1.02. The van der Waals surface area contributed by atoms with Crippen LogP contribution in [0.3, 0.4) is 0 Å². The second-order valence-corrected chi connectivity index (χ2v) is 5.80. The lowest BCUT2D eigenvalue weighted by molar-refractivity contribution is 0.0389. The molecule has 0 aliphatic carbocycles. The van der Waals surface area contributed by atoms with Gasteiger partial charge in [0.25, 0.3) is 0 Å². The predicted octanol–water partition coefficient (Wildman–Crippen LogP) is 1.47. The van der Waals surface area contributed by atoms with Gasteiger partial charge in [0, 0.05) is 39.8 Å². The lowest BCUT2D eigenvalue weighted by Crippen LogP contribution is -2.44. The van der Waals surface area contributed by atoms with E-state index in [-0.39, 0.29) is 0 Å². The van der Waals surface area contributed by atoms with E-state index in [4.69, 9.17) is 9.47 Å². The number of hydrogen-bond acceptors (Lipinski definition) is 4. The molecule has 6 heteroatoms. The van der Waals surface area contributed by atoms with E-state index < -0.39 is 0 Å². The maximum atomic E-state index is 5.67. The minimum absolute atomic E-state index is 0.723. The number of rotatable bonds is 8. The molecule has 24 heavy (non-hydrogen) atoms. The smallest absolute Gasteiger partial charge is 0.191 e. The van der Waals surface area contributed by atoms with Gasteiger partial charge in [0.15, 0.2) is 5.96 Å². The highest BCUT2D eigenvalue weighted by Gasteiger charge is 2.09. The third-order valence-electron chi connectivity index (χ3n) is 3.88. The third-order valence-corrected chi connectivity index (χ3v) is 3.88. The number of hydrogen-bond donors (Lipinski definition) is 2. The van der Waals surface area contributed by atoms with Crippen molar-refractivity contribution >= 4 is 5.96 Å². The Labute approximate surface area is 145 Å². The van der Waals surface area contributed by atoms with Crippen molar-refractivity contribution in [2.24, 2.45) is 4.99 Å². The average Bonchev–Trinajstić information content (AvgIpc) is 2.64. The van der Waals surface area contributed by atoms with Crippen LogP contribution in [0.1, 0.15) is 18.9 Å². The summed E-state index contributed by atoms with van der Waals surface area (Å²) in [5.74, 6) is 1.74. The molecule has 6 nitrogen and oxygen atoms in total. The lowest BCUT2D eigenvalue weighted by atomic mass is 10.2. The van der Waals surface area contributed by atoms with Crippen molar-refractivity contribution in [1.29, 1.82) is 0 Å². The van der Waals surface area contributed by atoms with Crippen molar-refractivity contribution in [1.82, 2.24) is 15.5 Å². The minimum Gasteiger partial charge on any atom is -0.494 e. The molecule has 2 N–H and O–H groups in total. The molecule has 0 atom stereocenters. The van der Waals surface area contributed by atoms with Crippen LogP contribution in [-0.2, 0) is 11.3 Å². The van der Waals surface area contributed by atoms with Crippen LogP contribution in [-0.4, -0.2) is 63.9 Å². The van der Waals surface area contributed by atoms with E-state index in [1.54, 1.807) is 7.05 Å². The Morgan fingerprint density at radius 2 is 2.12 bits per heavy atom. The molecule has 1 heterocycles. The summed E-state index contributed by atoms with van der Waals surface area (Å²) in [4.78, 5) is 6.68. The van der Waals surface area contributed by atoms with Crippen molar-refractivity contribution in [2.75, 3.05) is 53.0 Å². The highest BCUT2D eigenvalue weighted by Crippen LogP contribution is 2.13. The monoisotopic (exact) mass is 334 g/mol. The van der Waals surface area contributed by atoms with Gasteiger partial charge in [-0.15, -0.1) is 0 Å². The zero-order chi connectivity index (χ0) is 17.0. The average molecular weight is 334 g/mol. The highest BCUT2D eigenvalue weighted by molar-refractivity contribution is 5.79. The maximum Gasteiger partial charge on any atom is 0.191 e. The molecule has 0 radical (unpaired) electrons. The molecule has 134 valence electrons. The van der Waals surface area contributed by atoms with Gasteiger partial charge in [0.05, 0.1) is 19.8 Å². The fraction of sp³-hybridized carbons (Fsp3) is 0.611. The van der Waals surface area contributed by atoms with Gasteiger partial charge in [-0.1, -0.05) is 19.1 Å². The molecule has 1 aliphatic heterocycles. The first-order valence-corrected chi connectivity index (χ1v) is 8.78. The van der Waals surface area contributed by atoms with Gasteiger partial charge in [-0.25, -0.2) is 0 Å². The van der Waals surface area contributed by atoms with Gasteiger partial charge in [-0.3, -0.25) is 9.89 Å². The summed E-state index contributed by atoms with van der Waals surface area (Å²) in [5.41, 5.74) is 1.18. The van der Waals surface area contributed by atoms with Gasteiger partial charge in [-0.2, -0.15) is 0 Å². The summed E-state index contributed by atoms with van der Waals surface area (Å²) < 4.78 is 11.0. The summed E-state index contributed by atoms with van der Waals surface area (Å²) in [7, 11) is 1.80. The summed E-state index contributed by atoms with van der Waals surface area (Å²) in [5, 5.41) is 6.71. The normalized spacial score (nSPS) is 16.0. The Balaban J connectivity index is 1.70. The summed E-state index contributed by atoms with van der Waals surface area (Å²) in [6.45, 7) is 9.16. The minimum atomic E-state index is 0.723. The Hall–Kier alpha value is -1.79. The fourth-order valence-electron chi connectivity index (χ4n) is 2.53. The van der Waals surface area contributed by atoms with Crippen LogP contribution in [0.15, 0.2) is 29.3 Å². The Kier molecular flexibility index (Phi) is 8.41. The van der Waals surface area contributed by atoms with Crippen LogP contribution >= 0.6 is 0 Å². The summed E-state index contributed by atoms with van der Waals surface area (Å²) in [6, 6.07) is 8.18. The van der Waals surface area contributed by atoms with E-state index in [1.807, 2.05) is 12.1 Å². The number of aliphatic imine (C=N–C) groups is 1. The van der Waals surface area contributed by atoms with Crippen molar-refractivity contribution < 1.29 is 9.47 Å². The molecule has 0 aromatic heterocycles. The first-order valence-electron chi connectivity index (χ1n) is 8.78. The molecule has 0 amide bonds. The first-order chi connectivity index (χ1) is 11.8. The standard InChI is InChI=1S/C18H30N4O2/c1-3-11-24-17-6-4-5-16(14-17)15-21-18(19-2)20-7-8-22-9-12-23-13-10-22/h4-6,14H,3,7-13,15H2,1-2H3,(H2,19,20,21). The van der Waals surface area contributed by atoms with Crippen LogP contribution < -0.4 is 15.4 Å². The quantitative estimate of drug-likeness (QED) is 0.557. The van der Waals surface area contributed by atoms with Gasteiger partial charge < -0.3 is 20.1 Å². The molecule has 1 aromatic carbocycles. The third kappa shape index (κ3) is 6.76. The molecule has 2 rings (SSSR count). The molecular formula is C18H30N4O2. The van der Waals surface area contributed by atoms with Crippen molar-refractivity contribution in [3.05, 3.63) is 29.8 Å². The number of guanidine groups is 1. The largest absolute Gasteiger partial charge is 0.494 e. The molecule has 0 unspecified atom stereocenters. The van der Waals surface area contributed by atoms with Crippen LogP contribution in [0.4, 0.5) is 0 Å². The van der Waals surface area contributed by atoms with Crippen molar-refractivity contribution in [2.45, 2.75) is 19.9 Å². The van der Waals surface area contributed by atoms with Gasteiger partial charge in [0.2, 0.25) is 0 Å². The van der Waals surface area contributed by atoms with Crippen molar-refractivity contribution in [3.8, 4) is 5.75 Å². The molecular weight excluding hydrogens is 304 g/mol. The second-order valence-electron chi connectivity index (χ2n) is 5.80. The summed E-state index contributed by atoms with van der Waals surface area (Å²) >= 11 is 0. The van der Waals surface area contributed by atoms with Crippen LogP contribution in [0.2, 0.25) is 0 Å². The topological polar surface area (TPSA) is 58.1 Å². The van der Waals surface area contributed by atoms with E-state index in [0.29, 0.717) is 0 Å². The Bertz CT molecular complexity index is 502. The SMILES string of the molecule is CCCOc1cccc(CNC(=NC)NCCN2CCOCC2)c1. The van der Waals surface area contributed by atoms with Crippen LogP contribution in [0.5, 0.6) is 5.75 Å². The van der Waals surface area contributed by atoms with Gasteiger partial charge in [0.1, 0.15) is 5.75 Å². The van der Waals surface area contributed by atoms with E-state index in [1.165, 1.54) is 5.56 Å². The molecule has 1 aliphatic rings. The number of nitrogens with one attached hydrogen (secondary N) is 2. The van der Waals surface area contributed by atoms with E-state index >= 15 is 0 Å². The molecule has 1 fully saturated rings. The van der Waals surface area contributed by atoms with E-state index in [0.717, 1.165) is 70.7 Å². The fourth-order valence-corrected chi connectivity index (χ4v) is 2.53. The molecule has 1 saturated heterocycles. The predicted molar refractivity (Wildman–Crippen MR) is 97.7 cm³/mol. The van der Waals surface area contributed by atoms with E-state index in [9.17, 15) is 0 Å². The molecule has 1 aromatic rings. The molecule has 0 bridgehead atoms. The van der Waals surface area contributed by atoms with Gasteiger partial charge >= 0.3 is 0 Å². The Morgan fingerprint density at radius 1 is 1.29 bits per heavy atom. The maximum absolute atomic E-state index is 5.67. The van der Waals surface area contributed by atoms with Crippen LogP contribution in [0, 0.1) is 0 Å². The number of benzene rings is 1. The second kappa shape index (κ2) is 10.9. The zero-order valence-electron chi connectivity index (χ0n) is 14.9. The number of nitrogens with zero attached hydrogens (tertiary/aromatic N) is 2. The lowest BCUT2D eigenvalue weighted by Gasteiger charge is -2.26. The van der Waals surface area contributed by atoms with Crippen LogP contribution in [0.25, 0.3) is 0 Å². The van der Waals surface area contributed by atoms with Gasteiger partial charge in [-0.05, 0) is 24.1 Å². The van der Waals surface area contributed by atoms with E-state index in [2.05, 4.69) is 39.6 Å². The van der Waals surface area contributed by atoms with Crippen molar-refractivity contribution in [3.63, 3.8) is 0 Å². The highest BCUT2D eigenvalue weighted by atomic mass is 16.5. The first kappa shape index (κ1) is 18.5. The zero-order valence-corrected chi connectivity index (χ0v) is 14.9. The molecule has 0 saturated carbocycles. The molecule has 0 spiro atoms. The Morgan fingerprint density at radius 3 is 2.88 bits per heavy atom. The number of morpholine rings is 1. The number of ether oxygens (including phenoxy) is 2.